The highest BCUT2D eigenvalue weighted by atomic mass is 35.5. The molecule has 2 heterocycles. The fourth-order valence-electron chi connectivity index (χ4n) is 4.22. The van der Waals surface area contributed by atoms with Crippen LogP contribution in [-0.4, -0.2) is 54.0 Å². The number of rotatable bonds is 5. The van der Waals surface area contributed by atoms with E-state index in [0.717, 1.165) is 25.7 Å². The predicted octanol–water partition coefficient (Wildman–Crippen LogP) is 1.24. The molecule has 0 spiro atoms. The Morgan fingerprint density at radius 2 is 2.00 bits per heavy atom. The minimum Gasteiger partial charge on any atom is -0.349 e. The molecular weight excluding hydrogens is 390 g/mol. The van der Waals surface area contributed by atoms with Crippen molar-refractivity contribution in [3.05, 3.63) is 11.4 Å². The van der Waals surface area contributed by atoms with E-state index < -0.39 is 10.0 Å². The molecule has 2 fully saturated rings. The average molecular weight is 420 g/mol. The summed E-state index contributed by atoms with van der Waals surface area (Å²) in [5.41, 5.74) is 6.59. The number of aromatic nitrogens is 2. The van der Waals surface area contributed by atoms with Gasteiger partial charge in [-0.15, -0.1) is 12.4 Å². The van der Waals surface area contributed by atoms with E-state index in [0.29, 0.717) is 37.3 Å². The van der Waals surface area contributed by atoms with Crippen molar-refractivity contribution in [1.29, 1.82) is 0 Å². The Morgan fingerprint density at radius 3 is 2.56 bits per heavy atom. The summed E-state index contributed by atoms with van der Waals surface area (Å²) in [6.07, 6.45) is 5.31. The first-order valence-electron chi connectivity index (χ1n) is 9.33. The zero-order valence-electron chi connectivity index (χ0n) is 16.0. The van der Waals surface area contributed by atoms with E-state index in [-0.39, 0.29) is 41.2 Å². The fourth-order valence-corrected chi connectivity index (χ4v) is 6.08. The molecule has 1 aliphatic heterocycles. The quantitative estimate of drug-likeness (QED) is 0.662. The molecule has 27 heavy (non-hydrogen) atoms. The number of hydrogen-bond donors (Lipinski definition) is 3. The van der Waals surface area contributed by atoms with E-state index in [2.05, 4.69) is 15.5 Å². The number of halogens is 1. The predicted molar refractivity (Wildman–Crippen MR) is 105 cm³/mol. The first-order valence-corrected chi connectivity index (χ1v) is 10.8. The van der Waals surface area contributed by atoms with Gasteiger partial charge in [0.25, 0.3) is 0 Å². The number of aromatic amines is 1. The molecule has 0 bridgehead atoms. The maximum Gasteiger partial charge on any atom is 0.246 e. The van der Waals surface area contributed by atoms with E-state index in [1.165, 1.54) is 4.31 Å². The lowest BCUT2D eigenvalue weighted by Crippen LogP contribution is -2.55. The van der Waals surface area contributed by atoms with Gasteiger partial charge in [-0.2, -0.15) is 9.40 Å². The summed E-state index contributed by atoms with van der Waals surface area (Å²) in [5, 5.41) is 9.86. The summed E-state index contributed by atoms with van der Waals surface area (Å²) in [7, 11) is -3.66. The molecule has 1 aromatic heterocycles. The van der Waals surface area contributed by atoms with Crippen LogP contribution in [0.2, 0.25) is 0 Å². The van der Waals surface area contributed by atoms with Gasteiger partial charge in [0, 0.05) is 19.6 Å². The van der Waals surface area contributed by atoms with Crippen LogP contribution < -0.4 is 11.1 Å². The Hall–Kier alpha value is -1.16. The first kappa shape index (κ1) is 22.1. The van der Waals surface area contributed by atoms with Crippen molar-refractivity contribution in [2.24, 2.45) is 11.7 Å². The van der Waals surface area contributed by atoms with Gasteiger partial charge in [0.15, 0.2) is 0 Å². The minimum absolute atomic E-state index is 0. The fraction of sp³-hybridized carbons (Fsp3) is 0.765. The number of amides is 1. The van der Waals surface area contributed by atoms with Crippen molar-refractivity contribution in [2.45, 2.75) is 62.8 Å². The van der Waals surface area contributed by atoms with E-state index in [9.17, 15) is 13.2 Å². The maximum absolute atomic E-state index is 13.0. The smallest absolute Gasteiger partial charge is 0.246 e. The van der Waals surface area contributed by atoms with Crippen LogP contribution in [0.5, 0.6) is 0 Å². The third kappa shape index (κ3) is 4.31. The molecule has 8 nitrogen and oxygen atoms in total. The summed E-state index contributed by atoms with van der Waals surface area (Å²) in [5.74, 6) is -0.409. The van der Waals surface area contributed by atoms with Gasteiger partial charge in [-0.3, -0.25) is 9.89 Å². The number of aryl methyl sites for hydroxylation is 2. The summed E-state index contributed by atoms with van der Waals surface area (Å²) < 4.78 is 27.5. The number of sulfonamides is 1. The molecule has 10 heteroatoms. The van der Waals surface area contributed by atoms with Crippen molar-refractivity contribution in [3.63, 3.8) is 0 Å². The molecule has 2 aliphatic rings. The lowest BCUT2D eigenvalue weighted by Gasteiger charge is -2.35. The van der Waals surface area contributed by atoms with Crippen LogP contribution in [0, 0.1) is 19.8 Å². The lowest BCUT2D eigenvalue weighted by molar-refractivity contribution is -0.128. The Balaban J connectivity index is 0.00000261. The zero-order chi connectivity index (χ0) is 18.9. The van der Waals surface area contributed by atoms with Crippen LogP contribution >= 0.6 is 12.4 Å². The first-order chi connectivity index (χ1) is 12.3. The average Bonchev–Trinajstić information content (AvgIpc) is 3.22. The van der Waals surface area contributed by atoms with Crippen LogP contribution in [0.25, 0.3) is 0 Å². The number of hydrogen-bond acceptors (Lipinski definition) is 5. The Morgan fingerprint density at radius 1 is 1.33 bits per heavy atom. The zero-order valence-corrected chi connectivity index (χ0v) is 17.6. The SMILES string of the molecule is Cc1n[nH]c(C)c1S(=O)(=O)N1CCCC(C(=O)NC2(CN)CCCC2)C1.Cl. The van der Waals surface area contributed by atoms with Crippen LogP contribution in [-0.2, 0) is 14.8 Å². The summed E-state index contributed by atoms with van der Waals surface area (Å²) in [4.78, 5) is 13.0. The summed E-state index contributed by atoms with van der Waals surface area (Å²) in [6.45, 7) is 4.44. The standard InChI is InChI=1S/C17H29N5O3S.ClH/c1-12-15(13(2)21-20-12)26(24,25)22-9-5-6-14(10-22)16(23)19-17(11-18)7-3-4-8-17;/h14H,3-11,18H2,1-2H3,(H,19,23)(H,20,21);1H. The summed E-state index contributed by atoms with van der Waals surface area (Å²) >= 11 is 0. The number of piperidine rings is 1. The van der Waals surface area contributed by atoms with Gasteiger partial charge in [0.05, 0.1) is 22.8 Å². The third-order valence-electron chi connectivity index (χ3n) is 5.75. The van der Waals surface area contributed by atoms with E-state index >= 15 is 0 Å². The van der Waals surface area contributed by atoms with Gasteiger partial charge in [-0.25, -0.2) is 8.42 Å². The van der Waals surface area contributed by atoms with E-state index in [4.69, 9.17) is 5.73 Å². The Labute approximate surface area is 167 Å². The van der Waals surface area contributed by atoms with Gasteiger partial charge in [0.1, 0.15) is 4.90 Å². The van der Waals surface area contributed by atoms with Gasteiger partial charge < -0.3 is 11.1 Å². The number of nitrogens with one attached hydrogen (secondary N) is 2. The molecule has 0 aromatic carbocycles. The largest absolute Gasteiger partial charge is 0.349 e. The Kier molecular flexibility index (Phi) is 6.94. The molecule has 154 valence electrons. The second kappa shape index (κ2) is 8.46. The molecule has 1 unspecified atom stereocenters. The molecule has 1 aliphatic carbocycles. The second-order valence-corrected chi connectivity index (χ2v) is 9.52. The Bertz CT molecular complexity index is 754. The van der Waals surface area contributed by atoms with Gasteiger partial charge in [-0.05, 0) is 39.5 Å². The molecule has 1 atom stereocenters. The van der Waals surface area contributed by atoms with Crippen molar-refractivity contribution in [3.8, 4) is 0 Å². The molecule has 3 rings (SSSR count). The normalized spacial score (nSPS) is 23.0. The molecule has 1 aromatic rings. The maximum atomic E-state index is 13.0. The topological polar surface area (TPSA) is 121 Å². The van der Waals surface area contributed by atoms with Crippen molar-refractivity contribution in [1.82, 2.24) is 19.8 Å². The monoisotopic (exact) mass is 419 g/mol. The van der Waals surface area contributed by atoms with Gasteiger partial charge in [-0.1, -0.05) is 12.8 Å². The van der Waals surface area contributed by atoms with Gasteiger partial charge >= 0.3 is 0 Å². The molecular formula is C17H30ClN5O3S. The van der Waals surface area contributed by atoms with Crippen LogP contribution in [0.15, 0.2) is 4.90 Å². The van der Waals surface area contributed by atoms with Crippen LogP contribution in [0.1, 0.15) is 49.9 Å². The van der Waals surface area contributed by atoms with Crippen molar-refractivity contribution < 1.29 is 13.2 Å². The number of carbonyl (C=O) groups excluding carboxylic acids is 1. The number of H-pyrrole nitrogens is 1. The number of nitrogens with zero attached hydrogens (tertiary/aromatic N) is 2. The van der Waals surface area contributed by atoms with E-state index in [1.54, 1.807) is 13.8 Å². The van der Waals surface area contributed by atoms with Crippen LogP contribution in [0.3, 0.4) is 0 Å². The summed E-state index contributed by atoms with van der Waals surface area (Å²) in [6, 6.07) is 0. The highest BCUT2D eigenvalue weighted by Gasteiger charge is 2.39. The van der Waals surface area contributed by atoms with Crippen molar-refractivity contribution >= 4 is 28.3 Å². The molecule has 1 saturated heterocycles. The highest BCUT2D eigenvalue weighted by Crippen LogP contribution is 2.31. The number of carbonyl (C=O) groups is 1. The van der Waals surface area contributed by atoms with E-state index in [1.807, 2.05) is 0 Å². The number of nitrogens with two attached hydrogens (primary N) is 1. The lowest BCUT2D eigenvalue weighted by atomic mass is 9.93. The van der Waals surface area contributed by atoms with Crippen molar-refractivity contribution in [2.75, 3.05) is 19.6 Å². The molecule has 0 radical (unpaired) electrons. The molecule has 1 saturated carbocycles. The highest BCUT2D eigenvalue weighted by molar-refractivity contribution is 7.89. The minimum atomic E-state index is -3.66. The molecule has 1 amide bonds. The van der Waals surface area contributed by atoms with Gasteiger partial charge in [0.2, 0.25) is 15.9 Å². The van der Waals surface area contributed by atoms with Crippen LogP contribution in [0.4, 0.5) is 0 Å². The molecule has 4 N–H and O–H groups in total. The second-order valence-electron chi connectivity index (χ2n) is 7.65. The third-order valence-corrected chi connectivity index (χ3v) is 7.88.